The summed E-state index contributed by atoms with van der Waals surface area (Å²) in [5, 5.41) is 0. The first-order valence-electron chi connectivity index (χ1n) is 11.6. The van der Waals surface area contributed by atoms with Crippen molar-refractivity contribution in [2.24, 2.45) is 0 Å². The molecule has 0 aliphatic heterocycles. The van der Waals surface area contributed by atoms with Gasteiger partial charge in [-0.05, 0) is 18.9 Å². The first-order chi connectivity index (χ1) is 13.1. The minimum Gasteiger partial charge on any atom is -0.445 e. The zero-order valence-corrected chi connectivity index (χ0v) is 18.7. The maximum atomic E-state index is 11.7. The Hall–Kier alpha value is -0.990. The van der Waals surface area contributed by atoms with Crippen LogP contribution in [0.5, 0.6) is 0 Å². The van der Waals surface area contributed by atoms with Crippen molar-refractivity contribution in [1.82, 2.24) is 4.90 Å². The minimum atomic E-state index is -0.237. The molecule has 0 aliphatic rings. The molecular formula is C24H47NO2. The number of carbonyl (C=O) groups excluding carboxylic acids is 1. The molecule has 0 heterocycles. The van der Waals surface area contributed by atoms with E-state index in [0.717, 1.165) is 18.5 Å². The maximum Gasteiger partial charge on any atom is 0.409 e. The topological polar surface area (TPSA) is 29.5 Å². The Morgan fingerprint density at radius 1 is 0.741 bits per heavy atom. The fourth-order valence-corrected chi connectivity index (χ4v) is 3.28. The first-order valence-corrected chi connectivity index (χ1v) is 11.6. The Morgan fingerprint density at radius 3 is 1.48 bits per heavy atom. The summed E-state index contributed by atoms with van der Waals surface area (Å²) in [4.78, 5) is 13.4. The second-order valence-corrected chi connectivity index (χ2v) is 8.24. The molecule has 0 rings (SSSR count). The van der Waals surface area contributed by atoms with Crippen molar-refractivity contribution >= 4 is 6.09 Å². The van der Waals surface area contributed by atoms with Gasteiger partial charge in [0.25, 0.3) is 0 Å². The second-order valence-electron chi connectivity index (χ2n) is 8.24. The maximum absolute atomic E-state index is 11.7. The summed E-state index contributed by atoms with van der Waals surface area (Å²) in [5.41, 5.74) is 0.874. The standard InChI is InChI=1S/C24H47NO2/c1-5-6-7-8-9-10-11-12-13-14-15-16-17-18-19-20-21-25(4)24(26)27-22-23(2)3/h2,5-22H2,1,3-4H3. The second kappa shape index (κ2) is 19.8. The van der Waals surface area contributed by atoms with E-state index >= 15 is 0 Å². The van der Waals surface area contributed by atoms with Crippen LogP contribution >= 0.6 is 0 Å². The Balaban J connectivity index is 3.22. The molecule has 0 aliphatic carbocycles. The quantitative estimate of drug-likeness (QED) is 0.168. The van der Waals surface area contributed by atoms with Gasteiger partial charge in [-0.25, -0.2) is 4.79 Å². The molecule has 0 bridgehead atoms. The molecule has 0 atom stereocenters. The van der Waals surface area contributed by atoms with E-state index in [2.05, 4.69) is 13.5 Å². The third-order valence-electron chi connectivity index (χ3n) is 5.10. The van der Waals surface area contributed by atoms with Gasteiger partial charge in [-0.15, -0.1) is 0 Å². The van der Waals surface area contributed by atoms with Crippen LogP contribution in [0.1, 0.15) is 117 Å². The lowest BCUT2D eigenvalue weighted by atomic mass is 10.0. The average molecular weight is 382 g/mol. The summed E-state index contributed by atoms with van der Waals surface area (Å²) in [6.45, 7) is 8.99. The number of ether oxygens (including phenoxy) is 1. The molecule has 0 saturated carbocycles. The van der Waals surface area contributed by atoms with Crippen LogP contribution in [0.3, 0.4) is 0 Å². The van der Waals surface area contributed by atoms with Gasteiger partial charge in [0.15, 0.2) is 0 Å². The molecule has 0 unspecified atom stereocenters. The van der Waals surface area contributed by atoms with Gasteiger partial charge in [-0.1, -0.05) is 110 Å². The third-order valence-corrected chi connectivity index (χ3v) is 5.10. The van der Waals surface area contributed by atoms with E-state index in [9.17, 15) is 4.79 Å². The van der Waals surface area contributed by atoms with Gasteiger partial charge in [0, 0.05) is 13.6 Å². The Morgan fingerprint density at radius 2 is 1.11 bits per heavy atom. The van der Waals surface area contributed by atoms with Gasteiger partial charge in [0.1, 0.15) is 6.61 Å². The zero-order valence-electron chi connectivity index (χ0n) is 18.7. The van der Waals surface area contributed by atoms with Gasteiger partial charge >= 0.3 is 6.09 Å². The molecule has 3 nitrogen and oxygen atoms in total. The largest absolute Gasteiger partial charge is 0.445 e. The van der Waals surface area contributed by atoms with Crippen molar-refractivity contribution in [1.29, 1.82) is 0 Å². The molecule has 0 N–H and O–H groups in total. The molecule has 0 aromatic heterocycles. The van der Waals surface area contributed by atoms with Crippen molar-refractivity contribution in [3.63, 3.8) is 0 Å². The highest BCUT2D eigenvalue weighted by Gasteiger charge is 2.08. The van der Waals surface area contributed by atoms with E-state index in [1.165, 1.54) is 96.3 Å². The van der Waals surface area contributed by atoms with E-state index < -0.39 is 0 Å². The van der Waals surface area contributed by atoms with Gasteiger partial charge in [-0.3, -0.25) is 0 Å². The molecule has 27 heavy (non-hydrogen) atoms. The molecule has 0 spiro atoms. The zero-order chi connectivity index (χ0) is 20.2. The molecule has 0 saturated heterocycles. The predicted molar refractivity (Wildman–Crippen MR) is 118 cm³/mol. The van der Waals surface area contributed by atoms with E-state index in [1.807, 2.05) is 14.0 Å². The number of carbonyl (C=O) groups is 1. The highest BCUT2D eigenvalue weighted by molar-refractivity contribution is 5.67. The molecule has 0 aromatic rings. The lowest BCUT2D eigenvalue weighted by Crippen LogP contribution is -2.28. The van der Waals surface area contributed by atoms with Crippen LogP contribution in [0.4, 0.5) is 4.79 Å². The molecule has 1 amide bonds. The lowest BCUT2D eigenvalue weighted by Gasteiger charge is -2.16. The Kier molecular flexibility index (Phi) is 19.0. The Bertz CT molecular complexity index is 354. The normalized spacial score (nSPS) is 10.8. The average Bonchev–Trinajstić information content (AvgIpc) is 2.65. The van der Waals surface area contributed by atoms with Gasteiger partial charge in [0.2, 0.25) is 0 Å². The van der Waals surface area contributed by atoms with Crippen LogP contribution in [0.15, 0.2) is 12.2 Å². The predicted octanol–water partition coefficient (Wildman–Crippen LogP) is 7.89. The third kappa shape index (κ3) is 19.6. The van der Waals surface area contributed by atoms with Crippen molar-refractivity contribution in [3.05, 3.63) is 12.2 Å². The van der Waals surface area contributed by atoms with Crippen LogP contribution in [0, 0.1) is 0 Å². The summed E-state index contributed by atoms with van der Waals surface area (Å²) >= 11 is 0. The van der Waals surface area contributed by atoms with Gasteiger partial charge in [0.05, 0.1) is 0 Å². The van der Waals surface area contributed by atoms with E-state index in [1.54, 1.807) is 4.90 Å². The van der Waals surface area contributed by atoms with E-state index in [-0.39, 0.29) is 6.09 Å². The smallest absolute Gasteiger partial charge is 0.409 e. The highest BCUT2D eigenvalue weighted by Crippen LogP contribution is 2.13. The lowest BCUT2D eigenvalue weighted by molar-refractivity contribution is 0.119. The summed E-state index contributed by atoms with van der Waals surface area (Å²) in [6, 6.07) is 0. The van der Waals surface area contributed by atoms with Crippen molar-refractivity contribution < 1.29 is 9.53 Å². The summed E-state index contributed by atoms with van der Waals surface area (Å²) in [7, 11) is 1.81. The number of amides is 1. The summed E-state index contributed by atoms with van der Waals surface area (Å²) < 4.78 is 5.13. The summed E-state index contributed by atoms with van der Waals surface area (Å²) in [5.74, 6) is 0. The molecule has 160 valence electrons. The summed E-state index contributed by atoms with van der Waals surface area (Å²) in [6.07, 6.45) is 21.7. The molecule has 0 fully saturated rings. The number of hydrogen-bond acceptors (Lipinski definition) is 2. The van der Waals surface area contributed by atoms with Crippen LogP contribution in [0.2, 0.25) is 0 Å². The van der Waals surface area contributed by atoms with E-state index in [4.69, 9.17) is 4.74 Å². The fraction of sp³-hybridized carbons (Fsp3) is 0.875. The van der Waals surface area contributed by atoms with E-state index in [0.29, 0.717) is 6.61 Å². The van der Waals surface area contributed by atoms with Crippen LogP contribution in [0.25, 0.3) is 0 Å². The van der Waals surface area contributed by atoms with Crippen molar-refractivity contribution in [3.8, 4) is 0 Å². The van der Waals surface area contributed by atoms with Crippen molar-refractivity contribution in [2.75, 3.05) is 20.2 Å². The number of nitrogens with zero attached hydrogens (tertiary/aromatic N) is 1. The molecule has 0 radical (unpaired) electrons. The molecule has 0 aromatic carbocycles. The minimum absolute atomic E-state index is 0.237. The highest BCUT2D eigenvalue weighted by atomic mass is 16.6. The monoisotopic (exact) mass is 381 g/mol. The number of unbranched alkanes of at least 4 members (excludes halogenated alkanes) is 15. The van der Waals surface area contributed by atoms with Crippen LogP contribution in [-0.4, -0.2) is 31.2 Å². The SMILES string of the molecule is C=C(C)COC(=O)N(C)CCCCCCCCCCCCCCCCCC. The first kappa shape index (κ1) is 26.0. The van der Waals surface area contributed by atoms with Crippen LogP contribution in [-0.2, 0) is 4.74 Å². The van der Waals surface area contributed by atoms with Gasteiger partial charge < -0.3 is 9.64 Å². The number of hydrogen-bond donors (Lipinski definition) is 0. The fourth-order valence-electron chi connectivity index (χ4n) is 3.28. The molecular weight excluding hydrogens is 334 g/mol. The Labute approximate surface area is 169 Å². The number of rotatable bonds is 19. The molecule has 3 heteroatoms. The van der Waals surface area contributed by atoms with Gasteiger partial charge in [-0.2, -0.15) is 0 Å². The van der Waals surface area contributed by atoms with Crippen LogP contribution < -0.4 is 0 Å². The van der Waals surface area contributed by atoms with Crippen molar-refractivity contribution in [2.45, 2.75) is 117 Å².